The highest BCUT2D eigenvalue weighted by Gasteiger charge is 2.18. The van der Waals surface area contributed by atoms with Crippen LogP contribution in [0.4, 0.5) is 0 Å². The molecule has 1 fully saturated rings. The van der Waals surface area contributed by atoms with E-state index in [-0.39, 0.29) is 11.3 Å². The molecule has 1 aromatic carbocycles. The molecule has 0 aliphatic carbocycles. The van der Waals surface area contributed by atoms with Crippen LogP contribution in [0.5, 0.6) is 0 Å². The maximum absolute atomic E-state index is 12.1. The van der Waals surface area contributed by atoms with Gasteiger partial charge in [-0.3, -0.25) is 9.69 Å². The molecule has 0 aromatic heterocycles. The highest BCUT2D eigenvalue weighted by atomic mass is 16.1. The summed E-state index contributed by atoms with van der Waals surface area (Å²) in [6.07, 6.45) is 0.564. The molecule has 1 aliphatic rings. The van der Waals surface area contributed by atoms with Gasteiger partial charge >= 0.3 is 0 Å². The summed E-state index contributed by atoms with van der Waals surface area (Å²) >= 11 is 0. The molecule has 0 radical (unpaired) electrons. The highest BCUT2D eigenvalue weighted by Crippen LogP contribution is 2.18. The van der Waals surface area contributed by atoms with Gasteiger partial charge < -0.3 is 10.2 Å². The number of benzene rings is 1. The number of rotatable bonds is 6. The van der Waals surface area contributed by atoms with Gasteiger partial charge in [-0.15, -0.1) is 0 Å². The Bertz CT molecular complexity index is 528. The number of nitrogens with zero attached hydrogens (tertiary/aromatic N) is 2. The number of hydrogen-bond donors (Lipinski definition) is 1. The first-order valence-corrected chi connectivity index (χ1v) is 9.15. The van der Waals surface area contributed by atoms with Crippen molar-refractivity contribution in [3.05, 3.63) is 35.4 Å². The number of piperazine rings is 1. The fraction of sp³-hybridized carbons (Fsp3) is 0.650. The lowest BCUT2D eigenvalue weighted by Gasteiger charge is -2.34. The SMILES string of the molecule is CCN1CCN(Cc2ccccc2CNC(=O)CC(C)(C)C)CC1. The summed E-state index contributed by atoms with van der Waals surface area (Å²) in [6, 6.07) is 8.48. The van der Waals surface area contributed by atoms with E-state index in [0.29, 0.717) is 13.0 Å². The topological polar surface area (TPSA) is 35.6 Å². The molecule has 1 saturated heterocycles. The third-order valence-corrected chi connectivity index (χ3v) is 4.59. The zero-order valence-corrected chi connectivity index (χ0v) is 15.8. The second-order valence-corrected chi connectivity index (χ2v) is 7.99. The lowest BCUT2D eigenvalue weighted by Crippen LogP contribution is -2.45. The number of nitrogens with one attached hydrogen (secondary N) is 1. The molecule has 24 heavy (non-hydrogen) atoms. The maximum Gasteiger partial charge on any atom is 0.220 e. The molecule has 134 valence electrons. The molecule has 0 saturated carbocycles. The van der Waals surface area contributed by atoms with Gasteiger partial charge in [-0.1, -0.05) is 52.0 Å². The lowest BCUT2D eigenvalue weighted by atomic mass is 9.92. The maximum atomic E-state index is 12.1. The number of hydrogen-bond acceptors (Lipinski definition) is 3. The molecule has 1 aliphatic heterocycles. The van der Waals surface area contributed by atoms with Crippen molar-refractivity contribution in [2.45, 2.75) is 47.2 Å². The Hall–Kier alpha value is -1.39. The first-order valence-electron chi connectivity index (χ1n) is 9.15. The van der Waals surface area contributed by atoms with E-state index in [1.165, 1.54) is 11.1 Å². The molecule has 0 spiro atoms. The van der Waals surface area contributed by atoms with Crippen LogP contribution in [0.1, 0.15) is 45.2 Å². The lowest BCUT2D eigenvalue weighted by molar-refractivity contribution is -0.122. The average Bonchev–Trinajstić information content (AvgIpc) is 2.53. The Labute approximate surface area is 147 Å². The van der Waals surface area contributed by atoms with E-state index in [1.807, 2.05) is 0 Å². The molecule has 1 amide bonds. The Kier molecular flexibility index (Phi) is 6.81. The van der Waals surface area contributed by atoms with Crippen molar-refractivity contribution in [2.24, 2.45) is 5.41 Å². The zero-order chi connectivity index (χ0) is 17.6. The average molecular weight is 332 g/mol. The van der Waals surface area contributed by atoms with Gasteiger partial charge in [-0.05, 0) is 23.1 Å². The third kappa shape index (κ3) is 6.25. The van der Waals surface area contributed by atoms with Crippen LogP contribution >= 0.6 is 0 Å². The standard InChI is InChI=1S/C20H33N3O/c1-5-22-10-12-23(13-11-22)16-18-9-7-6-8-17(18)15-21-19(24)14-20(2,3)4/h6-9H,5,10-16H2,1-4H3,(H,21,24). The van der Waals surface area contributed by atoms with E-state index in [1.54, 1.807) is 0 Å². The first-order chi connectivity index (χ1) is 11.4. The van der Waals surface area contributed by atoms with Crippen LogP contribution in [0, 0.1) is 5.41 Å². The van der Waals surface area contributed by atoms with Crippen molar-refractivity contribution < 1.29 is 4.79 Å². The smallest absolute Gasteiger partial charge is 0.220 e. The van der Waals surface area contributed by atoms with E-state index >= 15 is 0 Å². The Morgan fingerprint density at radius 3 is 2.21 bits per heavy atom. The van der Waals surface area contributed by atoms with E-state index in [9.17, 15) is 4.79 Å². The van der Waals surface area contributed by atoms with Crippen molar-refractivity contribution in [2.75, 3.05) is 32.7 Å². The van der Waals surface area contributed by atoms with Crippen molar-refractivity contribution in [1.29, 1.82) is 0 Å². The van der Waals surface area contributed by atoms with E-state index in [4.69, 9.17) is 0 Å². The van der Waals surface area contributed by atoms with Crippen LogP contribution in [0.3, 0.4) is 0 Å². The molecule has 4 nitrogen and oxygen atoms in total. The van der Waals surface area contributed by atoms with Gasteiger partial charge in [0.05, 0.1) is 0 Å². The summed E-state index contributed by atoms with van der Waals surface area (Å²) in [5, 5.41) is 3.08. The van der Waals surface area contributed by atoms with Crippen molar-refractivity contribution in [3.8, 4) is 0 Å². The second-order valence-electron chi connectivity index (χ2n) is 7.99. The Morgan fingerprint density at radius 1 is 1.04 bits per heavy atom. The minimum Gasteiger partial charge on any atom is -0.352 e. The molecule has 1 aromatic rings. The van der Waals surface area contributed by atoms with Crippen molar-refractivity contribution in [3.63, 3.8) is 0 Å². The van der Waals surface area contributed by atoms with Crippen LogP contribution in [0.25, 0.3) is 0 Å². The quantitative estimate of drug-likeness (QED) is 0.871. The van der Waals surface area contributed by atoms with Crippen LogP contribution in [-0.2, 0) is 17.9 Å². The Morgan fingerprint density at radius 2 is 1.62 bits per heavy atom. The summed E-state index contributed by atoms with van der Waals surface area (Å²) in [5.74, 6) is 0.133. The number of carbonyl (C=O) groups excluding carboxylic acids is 1. The van der Waals surface area contributed by atoms with Gasteiger partial charge in [0.2, 0.25) is 5.91 Å². The van der Waals surface area contributed by atoms with E-state index in [0.717, 1.165) is 39.3 Å². The van der Waals surface area contributed by atoms with Gasteiger partial charge in [0, 0.05) is 45.7 Å². The minimum absolute atomic E-state index is 0.0303. The first kappa shape index (κ1) is 18.9. The predicted octanol–water partition coefficient (Wildman–Crippen LogP) is 2.88. The normalized spacial score (nSPS) is 17.0. The molecular weight excluding hydrogens is 298 g/mol. The van der Waals surface area contributed by atoms with Crippen molar-refractivity contribution in [1.82, 2.24) is 15.1 Å². The van der Waals surface area contributed by atoms with E-state index < -0.39 is 0 Å². The van der Waals surface area contributed by atoms with Crippen LogP contribution < -0.4 is 5.32 Å². The largest absolute Gasteiger partial charge is 0.352 e. The predicted molar refractivity (Wildman–Crippen MR) is 99.8 cm³/mol. The summed E-state index contributed by atoms with van der Waals surface area (Å²) in [5.41, 5.74) is 2.60. The summed E-state index contributed by atoms with van der Waals surface area (Å²) in [6.45, 7) is 15.8. The molecule has 0 atom stereocenters. The fourth-order valence-corrected chi connectivity index (χ4v) is 3.13. The number of carbonyl (C=O) groups is 1. The van der Waals surface area contributed by atoms with Gasteiger partial charge in [0.1, 0.15) is 0 Å². The molecule has 2 rings (SSSR count). The van der Waals surface area contributed by atoms with Crippen molar-refractivity contribution >= 4 is 5.91 Å². The zero-order valence-electron chi connectivity index (χ0n) is 15.8. The van der Waals surface area contributed by atoms with Gasteiger partial charge in [0.25, 0.3) is 0 Å². The van der Waals surface area contributed by atoms with Crippen LogP contribution in [0.2, 0.25) is 0 Å². The van der Waals surface area contributed by atoms with E-state index in [2.05, 4.69) is 67.1 Å². The molecule has 4 heteroatoms. The minimum atomic E-state index is 0.0303. The number of likely N-dealkylation sites (N-methyl/N-ethyl adjacent to an activating group) is 1. The number of amides is 1. The fourth-order valence-electron chi connectivity index (χ4n) is 3.13. The Balaban J connectivity index is 1.89. The summed E-state index contributed by atoms with van der Waals surface area (Å²) in [4.78, 5) is 17.1. The van der Waals surface area contributed by atoms with Gasteiger partial charge in [-0.25, -0.2) is 0 Å². The molecule has 1 N–H and O–H groups in total. The van der Waals surface area contributed by atoms with Crippen LogP contribution in [0.15, 0.2) is 24.3 Å². The third-order valence-electron chi connectivity index (χ3n) is 4.59. The molecular formula is C20H33N3O. The van der Waals surface area contributed by atoms with Gasteiger partial charge in [0.15, 0.2) is 0 Å². The molecule has 0 bridgehead atoms. The monoisotopic (exact) mass is 331 g/mol. The highest BCUT2D eigenvalue weighted by molar-refractivity contribution is 5.76. The second kappa shape index (κ2) is 8.63. The molecule has 1 heterocycles. The molecule has 0 unspecified atom stereocenters. The summed E-state index contributed by atoms with van der Waals surface area (Å²) < 4.78 is 0. The van der Waals surface area contributed by atoms with Gasteiger partial charge in [-0.2, -0.15) is 0 Å². The van der Waals surface area contributed by atoms with Crippen LogP contribution in [-0.4, -0.2) is 48.4 Å². The summed E-state index contributed by atoms with van der Waals surface area (Å²) in [7, 11) is 0.